The zero-order valence-electron chi connectivity index (χ0n) is 18.2. The lowest BCUT2D eigenvalue weighted by molar-refractivity contribution is -0.124. The average molecular weight is 418 g/mol. The zero-order chi connectivity index (χ0) is 21.2. The topological polar surface area (TPSA) is 57.6 Å². The summed E-state index contributed by atoms with van der Waals surface area (Å²) in [4.78, 5) is 29.0. The molecule has 0 radical (unpaired) electrons. The molecule has 1 aromatic rings. The molecule has 1 N–H and O–H groups in total. The molecule has 4 nitrogen and oxygen atoms in total. The summed E-state index contributed by atoms with van der Waals surface area (Å²) in [6, 6.07) is 2.04. The highest BCUT2D eigenvalue weighted by Gasteiger charge is 2.36. The molecule has 2 aliphatic rings. The number of thiophene rings is 1. The first kappa shape index (κ1) is 22.1. The third-order valence-electron chi connectivity index (χ3n) is 6.13. The van der Waals surface area contributed by atoms with E-state index in [0.29, 0.717) is 16.5 Å². The van der Waals surface area contributed by atoms with Gasteiger partial charge in [0.05, 0.1) is 5.69 Å². The van der Waals surface area contributed by atoms with Crippen LogP contribution in [0.1, 0.15) is 87.2 Å². The molecule has 2 aliphatic carbocycles. The van der Waals surface area contributed by atoms with Crippen LogP contribution >= 0.6 is 11.3 Å². The maximum atomic E-state index is 13.7. The van der Waals surface area contributed by atoms with Crippen LogP contribution in [0.5, 0.6) is 0 Å². The van der Waals surface area contributed by atoms with Crippen LogP contribution in [0.15, 0.2) is 18.2 Å². The van der Waals surface area contributed by atoms with Crippen molar-refractivity contribution in [3.8, 4) is 0 Å². The number of rotatable bonds is 5. The summed E-state index contributed by atoms with van der Waals surface area (Å²) in [6.07, 6.45) is 11.8. The first-order valence-corrected chi connectivity index (χ1v) is 11.8. The monoisotopic (exact) mass is 417 g/mol. The summed E-state index contributed by atoms with van der Waals surface area (Å²) in [5, 5.41) is 9.91. The minimum atomic E-state index is -0.924. The predicted octanol–water partition coefficient (Wildman–Crippen LogP) is 6.30. The van der Waals surface area contributed by atoms with Crippen LogP contribution < -0.4 is 4.90 Å². The highest BCUT2D eigenvalue weighted by atomic mass is 32.1. The Kier molecular flexibility index (Phi) is 6.87. The molecule has 5 heteroatoms. The second-order valence-electron chi connectivity index (χ2n) is 10.1. The van der Waals surface area contributed by atoms with Gasteiger partial charge in [0, 0.05) is 16.8 Å². The van der Waals surface area contributed by atoms with Gasteiger partial charge < -0.3 is 10.0 Å². The Hall–Kier alpha value is -1.62. The molecule has 1 unspecified atom stereocenters. The predicted molar refractivity (Wildman–Crippen MR) is 120 cm³/mol. The van der Waals surface area contributed by atoms with Crippen LogP contribution in [0.3, 0.4) is 0 Å². The summed E-state index contributed by atoms with van der Waals surface area (Å²) in [5.41, 5.74) is 0.700. The first-order valence-electron chi connectivity index (χ1n) is 11.0. The van der Waals surface area contributed by atoms with E-state index in [9.17, 15) is 14.7 Å². The molecule has 0 aromatic carbocycles. The van der Waals surface area contributed by atoms with Crippen LogP contribution in [-0.4, -0.2) is 23.0 Å². The van der Waals surface area contributed by atoms with Gasteiger partial charge in [-0.25, -0.2) is 4.79 Å². The molecule has 1 fully saturated rings. The van der Waals surface area contributed by atoms with E-state index in [4.69, 9.17) is 0 Å². The fourth-order valence-corrected chi connectivity index (χ4v) is 5.87. The van der Waals surface area contributed by atoms with E-state index in [2.05, 4.69) is 39.8 Å². The van der Waals surface area contributed by atoms with Gasteiger partial charge in [0.25, 0.3) is 0 Å². The van der Waals surface area contributed by atoms with Crippen molar-refractivity contribution in [3.05, 3.63) is 28.0 Å². The van der Waals surface area contributed by atoms with Crippen LogP contribution in [0.4, 0.5) is 5.69 Å². The fraction of sp³-hybridized carbons (Fsp3) is 0.667. The summed E-state index contributed by atoms with van der Waals surface area (Å²) < 4.78 is 0. The van der Waals surface area contributed by atoms with Crippen molar-refractivity contribution in [1.29, 1.82) is 0 Å². The van der Waals surface area contributed by atoms with E-state index in [1.165, 1.54) is 11.3 Å². The summed E-state index contributed by atoms with van der Waals surface area (Å²) in [6.45, 7) is 8.73. The number of carbonyl (C=O) groups excluding carboxylic acids is 1. The van der Waals surface area contributed by atoms with Crippen molar-refractivity contribution >= 4 is 28.9 Å². The molecular formula is C24H35NO3S. The number of aromatic carboxylic acids is 1. The first-order chi connectivity index (χ1) is 13.7. The minimum Gasteiger partial charge on any atom is -0.477 e. The Balaban J connectivity index is 1.98. The molecule has 0 aliphatic heterocycles. The van der Waals surface area contributed by atoms with Crippen molar-refractivity contribution in [2.45, 2.75) is 85.1 Å². The number of allylic oxidation sites excluding steroid dienone is 1. The van der Waals surface area contributed by atoms with Gasteiger partial charge in [0.1, 0.15) is 4.88 Å². The van der Waals surface area contributed by atoms with E-state index in [1.807, 2.05) is 11.0 Å². The van der Waals surface area contributed by atoms with Gasteiger partial charge in [-0.15, -0.1) is 11.3 Å². The molecule has 0 bridgehead atoms. The highest BCUT2D eigenvalue weighted by Crippen LogP contribution is 2.39. The van der Waals surface area contributed by atoms with Gasteiger partial charge in [-0.1, -0.05) is 39.8 Å². The number of anilines is 1. The SMILES string of the molecule is CC1CCC(C(=O)N(c2cc(CC(C)(C)C)sc2C(=O)O)C2CC=CCC2)CC1. The molecule has 160 valence electrons. The molecule has 1 amide bonds. The minimum absolute atomic E-state index is 0.0183. The molecule has 1 heterocycles. The Bertz CT molecular complexity index is 766. The third kappa shape index (κ3) is 5.50. The van der Waals surface area contributed by atoms with Crippen LogP contribution in [-0.2, 0) is 11.2 Å². The molecule has 1 atom stereocenters. The van der Waals surface area contributed by atoms with Gasteiger partial charge in [-0.2, -0.15) is 0 Å². The second kappa shape index (κ2) is 9.03. The van der Waals surface area contributed by atoms with Crippen molar-refractivity contribution in [1.82, 2.24) is 0 Å². The number of amides is 1. The van der Waals surface area contributed by atoms with Crippen LogP contribution in [0.25, 0.3) is 0 Å². The van der Waals surface area contributed by atoms with E-state index in [0.717, 1.165) is 56.2 Å². The normalized spacial score (nSPS) is 25.0. The standard InChI is InChI=1S/C24H35NO3S/c1-16-10-12-17(13-11-16)22(26)25(18-8-6-5-7-9-18)20-14-19(15-24(2,3)4)29-21(20)23(27)28/h5-6,14,16-18H,7-13,15H2,1-4H3,(H,27,28). The van der Waals surface area contributed by atoms with E-state index in [-0.39, 0.29) is 23.3 Å². The number of hydrogen-bond acceptors (Lipinski definition) is 3. The van der Waals surface area contributed by atoms with Crippen molar-refractivity contribution in [2.24, 2.45) is 17.3 Å². The van der Waals surface area contributed by atoms with E-state index >= 15 is 0 Å². The molecule has 0 saturated heterocycles. The highest BCUT2D eigenvalue weighted by molar-refractivity contribution is 7.14. The second-order valence-corrected chi connectivity index (χ2v) is 11.2. The summed E-state index contributed by atoms with van der Waals surface area (Å²) in [5.74, 6) is -0.0877. The van der Waals surface area contributed by atoms with Gasteiger partial charge in [0.2, 0.25) is 5.91 Å². The van der Waals surface area contributed by atoms with Crippen molar-refractivity contribution < 1.29 is 14.7 Å². The molecule has 1 saturated carbocycles. The third-order valence-corrected chi connectivity index (χ3v) is 7.24. The van der Waals surface area contributed by atoms with E-state index < -0.39 is 5.97 Å². The summed E-state index contributed by atoms with van der Waals surface area (Å²) in [7, 11) is 0. The lowest BCUT2D eigenvalue weighted by Gasteiger charge is -2.37. The van der Waals surface area contributed by atoms with Gasteiger partial charge >= 0.3 is 5.97 Å². The maximum absolute atomic E-state index is 13.7. The molecule has 29 heavy (non-hydrogen) atoms. The zero-order valence-corrected chi connectivity index (χ0v) is 19.1. The smallest absolute Gasteiger partial charge is 0.348 e. The van der Waals surface area contributed by atoms with Crippen LogP contribution in [0, 0.1) is 17.3 Å². The average Bonchev–Trinajstić information content (AvgIpc) is 3.05. The van der Waals surface area contributed by atoms with Gasteiger partial charge in [0.15, 0.2) is 0 Å². The summed E-state index contributed by atoms with van der Waals surface area (Å²) >= 11 is 1.34. The molecule has 0 spiro atoms. The number of nitrogens with zero attached hydrogens (tertiary/aromatic N) is 1. The fourth-order valence-electron chi connectivity index (χ4n) is 4.58. The maximum Gasteiger partial charge on any atom is 0.348 e. The lowest BCUT2D eigenvalue weighted by atomic mass is 9.81. The largest absolute Gasteiger partial charge is 0.477 e. The Morgan fingerprint density at radius 1 is 1.14 bits per heavy atom. The Morgan fingerprint density at radius 3 is 2.38 bits per heavy atom. The van der Waals surface area contributed by atoms with E-state index in [1.54, 1.807) is 0 Å². The molecular weight excluding hydrogens is 382 g/mol. The molecule has 1 aromatic heterocycles. The Labute approximate surface area is 179 Å². The van der Waals surface area contributed by atoms with Crippen molar-refractivity contribution in [3.63, 3.8) is 0 Å². The Morgan fingerprint density at radius 2 is 1.83 bits per heavy atom. The lowest BCUT2D eigenvalue weighted by Crippen LogP contribution is -2.45. The van der Waals surface area contributed by atoms with Crippen LogP contribution in [0.2, 0.25) is 0 Å². The van der Waals surface area contributed by atoms with Gasteiger partial charge in [-0.3, -0.25) is 4.79 Å². The number of hydrogen-bond donors (Lipinski definition) is 1. The quantitative estimate of drug-likeness (QED) is 0.572. The number of carbonyl (C=O) groups is 2. The number of carboxylic acid groups (broad SMARTS) is 1. The molecule has 3 rings (SSSR count). The van der Waals surface area contributed by atoms with Gasteiger partial charge in [-0.05, 0) is 68.8 Å². The van der Waals surface area contributed by atoms with Crippen molar-refractivity contribution in [2.75, 3.05) is 4.90 Å². The number of carboxylic acids is 1.